The van der Waals surface area contributed by atoms with Crippen molar-refractivity contribution in [1.82, 2.24) is 4.57 Å². The van der Waals surface area contributed by atoms with Crippen molar-refractivity contribution in [3.8, 4) is 0 Å². The molecular formula is C18H18F3N5O5. The SMILES string of the molecule is CO/N=C1\CN(c2c(F)cc3c(=O)c(C(=O)O)cn(CCF)c3c2F)CC1/C(N)=N\O. The molecule has 1 aromatic carbocycles. The standard InChI is InChI=1S/C18H18F3N5O5/c1-31-24-12-7-26(5-9(12)17(22)23-30)15-11(20)4-8-14(13(15)21)25(3-2-19)6-10(16(8)27)18(28)29/h4,6,9,30H,2-3,5,7H2,1H3,(H2,22,23)(H,28,29)/b24-12+. The second-order valence-corrected chi connectivity index (χ2v) is 6.70. The number of aromatic carboxylic acids is 1. The van der Waals surface area contributed by atoms with Crippen LogP contribution in [0.4, 0.5) is 18.9 Å². The molecule has 0 saturated carbocycles. The number of carboxylic acid groups (broad SMARTS) is 1. The van der Waals surface area contributed by atoms with Gasteiger partial charge in [-0.2, -0.15) is 0 Å². The maximum Gasteiger partial charge on any atom is 0.341 e. The van der Waals surface area contributed by atoms with Crippen molar-refractivity contribution in [1.29, 1.82) is 0 Å². The van der Waals surface area contributed by atoms with Crippen LogP contribution in [-0.2, 0) is 11.4 Å². The molecular weight excluding hydrogens is 423 g/mol. The number of halogens is 3. The van der Waals surface area contributed by atoms with Gasteiger partial charge in [-0.1, -0.05) is 10.3 Å². The number of aromatic nitrogens is 1. The summed E-state index contributed by atoms with van der Waals surface area (Å²) < 4.78 is 44.4. The van der Waals surface area contributed by atoms with Gasteiger partial charge in [0.2, 0.25) is 5.43 Å². The van der Waals surface area contributed by atoms with E-state index in [9.17, 15) is 23.5 Å². The van der Waals surface area contributed by atoms with Gasteiger partial charge in [-0.25, -0.2) is 18.0 Å². The number of alkyl halides is 1. The molecule has 0 aliphatic carbocycles. The highest BCUT2D eigenvalue weighted by Crippen LogP contribution is 2.33. The Hall–Kier alpha value is -3.77. The van der Waals surface area contributed by atoms with Crippen molar-refractivity contribution in [2.75, 3.05) is 31.8 Å². The minimum absolute atomic E-state index is 0.127. The summed E-state index contributed by atoms with van der Waals surface area (Å²) in [6.07, 6.45) is 0.818. The van der Waals surface area contributed by atoms with Gasteiger partial charge < -0.3 is 30.4 Å². The molecule has 1 aliphatic rings. The highest BCUT2D eigenvalue weighted by atomic mass is 19.1. The van der Waals surface area contributed by atoms with Gasteiger partial charge in [0.05, 0.1) is 35.6 Å². The van der Waals surface area contributed by atoms with Crippen LogP contribution < -0.4 is 16.1 Å². The smallest absolute Gasteiger partial charge is 0.341 e. The van der Waals surface area contributed by atoms with Crippen molar-refractivity contribution in [3.63, 3.8) is 0 Å². The first-order valence-electron chi connectivity index (χ1n) is 8.91. The summed E-state index contributed by atoms with van der Waals surface area (Å²) in [5, 5.41) is 24.3. The van der Waals surface area contributed by atoms with Crippen molar-refractivity contribution in [2.45, 2.75) is 6.54 Å². The summed E-state index contributed by atoms with van der Waals surface area (Å²) >= 11 is 0. The molecule has 1 aliphatic heterocycles. The maximum atomic E-state index is 15.5. The van der Waals surface area contributed by atoms with E-state index in [1.807, 2.05) is 0 Å². The van der Waals surface area contributed by atoms with Gasteiger partial charge in [0.1, 0.15) is 36.7 Å². The van der Waals surface area contributed by atoms with E-state index >= 15 is 4.39 Å². The molecule has 4 N–H and O–H groups in total. The van der Waals surface area contributed by atoms with Gasteiger partial charge in [-0.05, 0) is 6.07 Å². The third kappa shape index (κ3) is 3.73. The van der Waals surface area contributed by atoms with Crippen LogP contribution in [0.2, 0.25) is 0 Å². The highest BCUT2D eigenvalue weighted by molar-refractivity contribution is 6.10. The van der Waals surface area contributed by atoms with Crippen LogP contribution in [0.3, 0.4) is 0 Å². The van der Waals surface area contributed by atoms with Gasteiger partial charge in [-0.15, -0.1) is 0 Å². The Morgan fingerprint density at radius 2 is 2.13 bits per heavy atom. The lowest BCUT2D eigenvalue weighted by Crippen LogP contribution is -2.31. The lowest BCUT2D eigenvalue weighted by molar-refractivity contribution is 0.0694. The fourth-order valence-electron chi connectivity index (χ4n) is 3.60. The van der Waals surface area contributed by atoms with Crippen molar-refractivity contribution >= 4 is 34.1 Å². The summed E-state index contributed by atoms with van der Waals surface area (Å²) in [6.45, 7) is -1.71. The minimum atomic E-state index is -1.61. The van der Waals surface area contributed by atoms with Crippen LogP contribution in [0.5, 0.6) is 0 Å². The summed E-state index contributed by atoms with van der Waals surface area (Å²) in [6, 6.07) is 0.710. The number of nitrogens with zero attached hydrogens (tertiary/aromatic N) is 4. The Morgan fingerprint density at radius 1 is 1.42 bits per heavy atom. The molecule has 2 heterocycles. The van der Waals surface area contributed by atoms with E-state index in [2.05, 4.69) is 10.3 Å². The first-order chi connectivity index (χ1) is 14.7. The van der Waals surface area contributed by atoms with E-state index in [0.717, 1.165) is 10.8 Å². The summed E-state index contributed by atoms with van der Waals surface area (Å²) in [5.74, 6) is -4.99. The molecule has 31 heavy (non-hydrogen) atoms. The van der Waals surface area contributed by atoms with Crippen LogP contribution in [0.15, 0.2) is 27.4 Å². The fraction of sp³-hybridized carbons (Fsp3) is 0.333. The molecule has 3 rings (SSSR count). The minimum Gasteiger partial charge on any atom is -0.477 e. The number of nitrogens with two attached hydrogens (primary N) is 1. The third-order valence-electron chi connectivity index (χ3n) is 4.94. The summed E-state index contributed by atoms with van der Waals surface area (Å²) in [4.78, 5) is 29.7. The first kappa shape index (κ1) is 21.9. The topological polar surface area (TPSA) is 143 Å². The summed E-state index contributed by atoms with van der Waals surface area (Å²) in [7, 11) is 1.26. The number of aryl methyl sites for hydroxylation is 1. The van der Waals surface area contributed by atoms with E-state index < -0.39 is 64.3 Å². The van der Waals surface area contributed by atoms with Gasteiger partial charge >= 0.3 is 5.97 Å². The lowest BCUT2D eigenvalue weighted by Gasteiger charge is -2.21. The molecule has 10 nitrogen and oxygen atoms in total. The van der Waals surface area contributed by atoms with E-state index in [1.165, 1.54) is 12.0 Å². The number of carbonyl (C=O) groups is 1. The van der Waals surface area contributed by atoms with Crippen LogP contribution in [0.25, 0.3) is 10.9 Å². The van der Waals surface area contributed by atoms with E-state index in [0.29, 0.717) is 6.07 Å². The number of carboxylic acids is 1. The maximum absolute atomic E-state index is 15.5. The predicted molar refractivity (Wildman–Crippen MR) is 105 cm³/mol. The molecule has 0 amide bonds. The molecule has 0 spiro atoms. The molecule has 2 aromatic rings. The Kier molecular flexibility index (Phi) is 6.04. The Balaban J connectivity index is 2.25. The second-order valence-electron chi connectivity index (χ2n) is 6.70. The highest BCUT2D eigenvalue weighted by Gasteiger charge is 2.36. The zero-order valence-corrected chi connectivity index (χ0v) is 16.2. The largest absolute Gasteiger partial charge is 0.477 e. The number of oxime groups is 2. The number of rotatable bonds is 6. The molecule has 1 aromatic heterocycles. The molecule has 1 atom stereocenters. The Labute approximate surface area is 172 Å². The molecule has 13 heteroatoms. The monoisotopic (exact) mass is 441 g/mol. The molecule has 166 valence electrons. The second kappa shape index (κ2) is 8.53. The van der Waals surface area contributed by atoms with E-state index in [-0.39, 0.29) is 24.6 Å². The van der Waals surface area contributed by atoms with Gasteiger partial charge in [0.25, 0.3) is 0 Å². The van der Waals surface area contributed by atoms with Crippen LogP contribution in [0.1, 0.15) is 10.4 Å². The van der Waals surface area contributed by atoms with Crippen molar-refractivity contribution in [2.24, 2.45) is 22.0 Å². The average molecular weight is 441 g/mol. The molecule has 0 radical (unpaired) electrons. The quantitative estimate of drug-likeness (QED) is 0.264. The van der Waals surface area contributed by atoms with Crippen molar-refractivity contribution in [3.05, 3.63) is 39.7 Å². The molecule has 1 unspecified atom stereocenters. The van der Waals surface area contributed by atoms with Crippen LogP contribution in [0, 0.1) is 17.6 Å². The number of pyridine rings is 1. The van der Waals surface area contributed by atoms with Gasteiger partial charge in [0.15, 0.2) is 5.82 Å². The van der Waals surface area contributed by atoms with Gasteiger partial charge in [-0.3, -0.25) is 4.79 Å². The number of hydrogen-bond donors (Lipinski definition) is 3. The predicted octanol–water partition coefficient (Wildman–Crippen LogP) is 1.13. The van der Waals surface area contributed by atoms with E-state index in [1.54, 1.807) is 0 Å². The van der Waals surface area contributed by atoms with Gasteiger partial charge in [0, 0.05) is 12.7 Å². The average Bonchev–Trinajstić information content (AvgIpc) is 3.13. The molecule has 1 saturated heterocycles. The Morgan fingerprint density at radius 3 is 2.71 bits per heavy atom. The molecule has 1 fully saturated rings. The number of benzene rings is 1. The third-order valence-corrected chi connectivity index (χ3v) is 4.94. The zero-order valence-electron chi connectivity index (χ0n) is 16.2. The Bertz CT molecular complexity index is 1160. The van der Waals surface area contributed by atoms with Crippen molar-refractivity contribution < 1.29 is 33.1 Å². The first-order valence-corrected chi connectivity index (χ1v) is 8.91. The summed E-state index contributed by atoms with van der Waals surface area (Å²) in [5.41, 5.74) is 3.04. The number of hydrogen-bond acceptors (Lipinski definition) is 7. The lowest BCUT2D eigenvalue weighted by atomic mass is 10.1. The normalized spacial score (nSPS) is 18.2. The number of fused-ring (bicyclic) bond motifs is 1. The van der Waals surface area contributed by atoms with Crippen LogP contribution >= 0.6 is 0 Å². The molecule has 0 bridgehead atoms. The van der Waals surface area contributed by atoms with Crippen LogP contribution in [-0.4, -0.2) is 59.3 Å². The number of anilines is 1. The number of amidine groups is 1. The fourth-order valence-corrected chi connectivity index (χ4v) is 3.60. The van der Waals surface area contributed by atoms with E-state index in [4.69, 9.17) is 15.8 Å². The zero-order chi connectivity index (χ0) is 22.9.